The van der Waals surface area contributed by atoms with Crippen molar-refractivity contribution in [2.24, 2.45) is 0 Å². The molecule has 7 heteroatoms. The van der Waals surface area contributed by atoms with Gasteiger partial charge in [0, 0.05) is 31.3 Å². The van der Waals surface area contributed by atoms with E-state index in [2.05, 4.69) is 5.32 Å². The lowest BCUT2D eigenvalue weighted by molar-refractivity contribution is -0.136. The van der Waals surface area contributed by atoms with E-state index in [9.17, 15) is 4.79 Å². The summed E-state index contributed by atoms with van der Waals surface area (Å²) in [5.41, 5.74) is 0.997. The number of rotatable bonds is 6. The van der Waals surface area contributed by atoms with Gasteiger partial charge < -0.3 is 24.4 Å². The lowest BCUT2D eigenvalue weighted by Gasteiger charge is -2.37. The number of benzene rings is 2. The molecule has 1 heterocycles. The monoisotopic (exact) mass is 392 g/mol. The summed E-state index contributed by atoms with van der Waals surface area (Å²) in [5.74, 6) is 2.05. The molecule has 2 aromatic rings. The number of halogens is 1. The molecule has 1 amide bonds. The van der Waals surface area contributed by atoms with Crippen LogP contribution in [0.5, 0.6) is 17.2 Å². The van der Waals surface area contributed by atoms with Gasteiger partial charge in [-0.25, -0.2) is 0 Å². The summed E-state index contributed by atoms with van der Waals surface area (Å²) >= 11 is 0. The van der Waals surface area contributed by atoms with Crippen LogP contribution in [-0.4, -0.2) is 51.3 Å². The smallest absolute Gasteiger partial charge is 0.261 e. The Morgan fingerprint density at radius 2 is 1.89 bits per heavy atom. The first kappa shape index (κ1) is 20.9. The third-order valence-electron chi connectivity index (χ3n) is 4.47. The number of nitrogens with zero attached hydrogens (tertiary/aromatic N) is 1. The number of ether oxygens (including phenoxy) is 3. The second-order valence-electron chi connectivity index (χ2n) is 6.02. The molecule has 1 atom stereocenters. The zero-order valence-corrected chi connectivity index (χ0v) is 16.3. The first-order valence-electron chi connectivity index (χ1n) is 8.63. The van der Waals surface area contributed by atoms with Gasteiger partial charge in [0.15, 0.2) is 6.61 Å². The maximum absolute atomic E-state index is 12.8. The van der Waals surface area contributed by atoms with Crippen molar-refractivity contribution >= 4 is 18.3 Å². The number of methoxy groups -OCH3 is 2. The molecular weight excluding hydrogens is 368 g/mol. The van der Waals surface area contributed by atoms with Crippen molar-refractivity contribution in [3.8, 4) is 17.2 Å². The van der Waals surface area contributed by atoms with Crippen LogP contribution in [0.15, 0.2) is 48.5 Å². The summed E-state index contributed by atoms with van der Waals surface area (Å²) in [5, 5.41) is 3.35. The van der Waals surface area contributed by atoms with Crippen LogP contribution in [0.2, 0.25) is 0 Å². The number of carbonyl (C=O) groups is 1. The summed E-state index contributed by atoms with van der Waals surface area (Å²) in [4.78, 5) is 14.7. The van der Waals surface area contributed by atoms with Crippen molar-refractivity contribution in [2.75, 3.05) is 40.5 Å². The molecule has 1 saturated heterocycles. The van der Waals surface area contributed by atoms with E-state index in [4.69, 9.17) is 14.2 Å². The van der Waals surface area contributed by atoms with Crippen molar-refractivity contribution in [1.29, 1.82) is 0 Å². The molecule has 0 saturated carbocycles. The van der Waals surface area contributed by atoms with E-state index in [-0.39, 0.29) is 31.0 Å². The highest BCUT2D eigenvalue weighted by atomic mass is 35.5. The average Bonchev–Trinajstić information content (AvgIpc) is 2.72. The van der Waals surface area contributed by atoms with Crippen LogP contribution in [0.3, 0.4) is 0 Å². The van der Waals surface area contributed by atoms with Gasteiger partial charge in [-0.05, 0) is 18.2 Å². The van der Waals surface area contributed by atoms with Crippen LogP contribution < -0.4 is 19.5 Å². The van der Waals surface area contributed by atoms with Crippen LogP contribution >= 0.6 is 12.4 Å². The molecule has 146 valence electrons. The Balaban J connectivity index is 0.00000261. The Labute approximate surface area is 165 Å². The van der Waals surface area contributed by atoms with Crippen molar-refractivity contribution in [3.05, 3.63) is 54.1 Å². The molecule has 0 aromatic heterocycles. The molecule has 0 bridgehead atoms. The van der Waals surface area contributed by atoms with Gasteiger partial charge in [0.25, 0.3) is 5.91 Å². The van der Waals surface area contributed by atoms with Crippen LogP contribution in [0.4, 0.5) is 0 Å². The van der Waals surface area contributed by atoms with Crippen LogP contribution in [0.25, 0.3) is 0 Å². The van der Waals surface area contributed by atoms with E-state index in [1.54, 1.807) is 20.3 Å². The van der Waals surface area contributed by atoms with Gasteiger partial charge in [-0.2, -0.15) is 0 Å². The number of amides is 1. The summed E-state index contributed by atoms with van der Waals surface area (Å²) in [6.45, 7) is 2.06. The third-order valence-corrected chi connectivity index (χ3v) is 4.47. The Bertz CT molecular complexity index is 756. The highest BCUT2D eigenvalue weighted by molar-refractivity contribution is 5.85. The number of piperazine rings is 1. The standard InChI is InChI=1S/C20H24N2O4.ClH/c1-24-15-6-5-7-16(12-15)26-14-20(23)22-11-10-21-13-18(22)17-8-3-4-9-19(17)25-2;/h3-9,12,18,21H,10-11,13-14H2,1-2H3;1H. The number of hydrogen-bond donors (Lipinski definition) is 1. The van der Waals surface area contributed by atoms with E-state index in [1.165, 1.54) is 0 Å². The maximum Gasteiger partial charge on any atom is 0.261 e. The first-order valence-corrected chi connectivity index (χ1v) is 8.63. The second kappa shape index (κ2) is 10.0. The van der Waals surface area contributed by atoms with Gasteiger partial charge in [-0.1, -0.05) is 24.3 Å². The molecule has 27 heavy (non-hydrogen) atoms. The van der Waals surface area contributed by atoms with Gasteiger partial charge in [-0.3, -0.25) is 4.79 Å². The van der Waals surface area contributed by atoms with Crippen molar-refractivity contribution < 1.29 is 19.0 Å². The molecular formula is C20H25ClN2O4. The molecule has 1 unspecified atom stereocenters. The van der Waals surface area contributed by atoms with E-state index < -0.39 is 0 Å². The lowest BCUT2D eigenvalue weighted by atomic mass is 10.0. The summed E-state index contributed by atoms with van der Waals surface area (Å²) in [6, 6.07) is 15.0. The fraction of sp³-hybridized carbons (Fsp3) is 0.350. The molecule has 0 radical (unpaired) electrons. The minimum atomic E-state index is -0.0821. The van der Waals surface area contributed by atoms with Crippen LogP contribution in [0.1, 0.15) is 11.6 Å². The van der Waals surface area contributed by atoms with E-state index >= 15 is 0 Å². The molecule has 6 nitrogen and oxygen atoms in total. The Morgan fingerprint density at radius 3 is 2.67 bits per heavy atom. The Hall–Kier alpha value is -2.44. The number of nitrogens with one attached hydrogen (secondary N) is 1. The number of hydrogen-bond acceptors (Lipinski definition) is 5. The van der Waals surface area contributed by atoms with E-state index in [0.717, 1.165) is 17.9 Å². The number of carbonyl (C=O) groups excluding carboxylic acids is 1. The topological polar surface area (TPSA) is 60.0 Å². The molecule has 1 N–H and O–H groups in total. The molecule has 1 fully saturated rings. The Morgan fingerprint density at radius 1 is 1.11 bits per heavy atom. The summed E-state index contributed by atoms with van der Waals surface area (Å²) < 4.78 is 16.3. The SMILES string of the molecule is COc1cccc(OCC(=O)N2CCNCC2c2ccccc2OC)c1.Cl. The quantitative estimate of drug-likeness (QED) is 0.819. The largest absolute Gasteiger partial charge is 0.497 e. The lowest BCUT2D eigenvalue weighted by Crippen LogP contribution is -2.50. The minimum absolute atomic E-state index is 0. The van der Waals surface area contributed by atoms with Gasteiger partial charge in [0.2, 0.25) is 0 Å². The van der Waals surface area contributed by atoms with E-state index in [0.29, 0.717) is 24.6 Å². The molecule has 2 aromatic carbocycles. The zero-order valence-electron chi connectivity index (χ0n) is 15.5. The molecule has 1 aliphatic heterocycles. The van der Waals surface area contributed by atoms with Crippen molar-refractivity contribution in [1.82, 2.24) is 10.2 Å². The summed E-state index contributed by atoms with van der Waals surface area (Å²) in [7, 11) is 3.25. The molecule has 0 spiro atoms. The minimum Gasteiger partial charge on any atom is -0.497 e. The van der Waals surface area contributed by atoms with Crippen LogP contribution in [0, 0.1) is 0 Å². The predicted molar refractivity (Wildman–Crippen MR) is 106 cm³/mol. The Kier molecular flexibility index (Phi) is 7.76. The molecule has 3 rings (SSSR count). The van der Waals surface area contributed by atoms with Gasteiger partial charge in [0.1, 0.15) is 17.2 Å². The first-order chi connectivity index (χ1) is 12.7. The highest BCUT2D eigenvalue weighted by Crippen LogP contribution is 2.30. The fourth-order valence-electron chi connectivity index (χ4n) is 3.14. The van der Waals surface area contributed by atoms with Gasteiger partial charge >= 0.3 is 0 Å². The zero-order chi connectivity index (χ0) is 18.4. The van der Waals surface area contributed by atoms with Gasteiger partial charge in [-0.15, -0.1) is 12.4 Å². The van der Waals surface area contributed by atoms with Crippen LogP contribution in [-0.2, 0) is 4.79 Å². The maximum atomic E-state index is 12.8. The fourth-order valence-corrected chi connectivity index (χ4v) is 3.14. The second-order valence-corrected chi connectivity index (χ2v) is 6.02. The average molecular weight is 393 g/mol. The molecule has 0 aliphatic carbocycles. The van der Waals surface area contributed by atoms with Crippen molar-refractivity contribution in [3.63, 3.8) is 0 Å². The molecule has 1 aliphatic rings. The number of para-hydroxylation sites is 1. The summed E-state index contributed by atoms with van der Waals surface area (Å²) in [6.07, 6.45) is 0. The van der Waals surface area contributed by atoms with E-state index in [1.807, 2.05) is 47.4 Å². The normalized spacial score (nSPS) is 16.2. The highest BCUT2D eigenvalue weighted by Gasteiger charge is 2.29. The van der Waals surface area contributed by atoms with Gasteiger partial charge in [0.05, 0.1) is 20.3 Å². The predicted octanol–water partition coefficient (Wildman–Crippen LogP) is 2.68. The third kappa shape index (κ3) is 5.05. The van der Waals surface area contributed by atoms with Crippen molar-refractivity contribution in [2.45, 2.75) is 6.04 Å².